The van der Waals surface area contributed by atoms with Crippen LogP contribution in [0.2, 0.25) is 0 Å². The summed E-state index contributed by atoms with van der Waals surface area (Å²) in [5, 5.41) is 9.72. The minimum absolute atomic E-state index is 0.0649. The third kappa shape index (κ3) is 5.11. The Morgan fingerprint density at radius 1 is 1.09 bits per heavy atom. The third-order valence-corrected chi connectivity index (χ3v) is 7.38. The normalized spacial score (nSPS) is 25.0. The van der Waals surface area contributed by atoms with E-state index in [9.17, 15) is 10.1 Å². The number of benzene rings is 2. The predicted molar refractivity (Wildman–Crippen MR) is 129 cm³/mol. The molecule has 4 nitrogen and oxygen atoms in total. The van der Waals surface area contributed by atoms with Crippen LogP contribution >= 0.6 is 23.2 Å². The number of esters is 1. The van der Waals surface area contributed by atoms with Crippen LogP contribution in [0.15, 0.2) is 78.9 Å². The van der Waals surface area contributed by atoms with Gasteiger partial charge in [-0.2, -0.15) is 5.26 Å². The highest BCUT2D eigenvalue weighted by Gasteiger charge is 2.63. The number of ether oxygens (including phenoxy) is 2. The van der Waals surface area contributed by atoms with Crippen LogP contribution in [0.1, 0.15) is 31.9 Å². The van der Waals surface area contributed by atoms with Crippen LogP contribution in [-0.2, 0) is 9.53 Å². The molecule has 33 heavy (non-hydrogen) atoms. The quantitative estimate of drug-likeness (QED) is 0.310. The number of carbonyl (C=O) groups excluding carboxylic acids is 1. The van der Waals surface area contributed by atoms with Gasteiger partial charge in [0.05, 0.1) is 5.92 Å². The van der Waals surface area contributed by atoms with Crippen LogP contribution in [0.3, 0.4) is 0 Å². The molecule has 2 aromatic rings. The van der Waals surface area contributed by atoms with Crippen LogP contribution in [-0.4, -0.2) is 10.3 Å². The van der Waals surface area contributed by atoms with Crippen LogP contribution in [0, 0.1) is 34.5 Å². The SMILES string of the molecule is CC1(C)C(CC2C=CC=CC2(Cl)Cl)C1C(=O)OC(C#N)c1cccc(Oc2ccccc2)c1. The highest BCUT2D eigenvalue weighted by Crippen LogP contribution is 2.63. The number of carbonyl (C=O) groups is 1. The van der Waals surface area contributed by atoms with Gasteiger partial charge >= 0.3 is 5.97 Å². The molecule has 0 heterocycles. The summed E-state index contributed by atoms with van der Waals surface area (Å²) in [5.41, 5.74) is 0.309. The van der Waals surface area contributed by atoms with E-state index >= 15 is 0 Å². The fourth-order valence-corrected chi connectivity index (χ4v) is 4.99. The third-order valence-electron chi connectivity index (χ3n) is 6.57. The van der Waals surface area contributed by atoms with E-state index in [1.807, 2.05) is 62.4 Å². The van der Waals surface area contributed by atoms with Crippen molar-refractivity contribution in [2.75, 3.05) is 0 Å². The van der Waals surface area contributed by atoms with Crippen LogP contribution in [0.5, 0.6) is 11.5 Å². The first-order chi connectivity index (χ1) is 15.7. The summed E-state index contributed by atoms with van der Waals surface area (Å²) < 4.78 is 10.5. The number of halogens is 2. The fraction of sp³-hybridized carbons (Fsp3) is 0.333. The second-order valence-electron chi connectivity index (χ2n) is 9.10. The zero-order valence-electron chi connectivity index (χ0n) is 18.4. The van der Waals surface area contributed by atoms with Crippen molar-refractivity contribution >= 4 is 29.2 Å². The number of nitrogens with zero attached hydrogens (tertiary/aromatic N) is 1. The molecular formula is C27H25Cl2NO3. The summed E-state index contributed by atoms with van der Waals surface area (Å²) in [6.45, 7) is 4.07. The number of rotatable bonds is 7. The van der Waals surface area contributed by atoms with Gasteiger partial charge in [0, 0.05) is 11.5 Å². The Morgan fingerprint density at radius 2 is 1.82 bits per heavy atom. The maximum Gasteiger partial charge on any atom is 0.311 e. The van der Waals surface area contributed by atoms with E-state index in [-0.39, 0.29) is 29.1 Å². The minimum Gasteiger partial charge on any atom is -0.457 e. The van der Waals surface area contributed by atoms with Gasteiger partial charge in [0.1, 0.15) is 21.9 Å². The molecule has 0 radical (unpaired) electrons. The Balaban J connectivity index is 1.43. The Kier molecular flexibility index (Phi) is 6.56. The van der Waals surface area contributed by atoms with E-state index < -0.39 is 10.4 Å². The highest BCUT2D eigenvalue weighted by atomic mass is 35.5. The van der Waals surface area contributed by atoms with Crippen molar-refractivity contribution in [3.05, 3.63) is 84.5 Å². The zero-order valence-corrected chi connectivity index (χ0v) is 20.0. The molecule has 0 spiro atoms. The lowest BCUT2D eigenvalue weighted by molar-refractivity contribution is -0.149. The standard InChI is InChI=1S/C27H25Cl2NO3/c1-26(2)22(16-19-10-6-7-14-27(19,28)29)24(26)25(31)33-23(17-30)18-9-8-13-21(15-18)32-20-11-4-3-5-12-20/h3-15,19,22-24H,16H2,1-2H3. The molecule has 4 rings (SSSR count). The lowest BCUT2D eigenvalue weighted by Gasteiger charge is -2.27. The molecule has 0 aromatic heterocycles. The van der Waals surface area contributed by atoms with Crippen molar-refractivity contribution in [3.63, 3.8) is 0 Å². The Hall–Kier alpha value is -2.74. The Morgan fingerprint density at radius 3 is 2.52 bits per heavy atom. The average Bonchev–Trinajstić information content (AvgIpc) is 3.34. The number of para-hydroxylation sites is 1. The Labute approximate surface area is 204 Å². The second kappa shape index (κ2) is 9.25. The molecule has 1 fully saturated rings. The van der Waals surface area contributed by atoms with Crippen molar-refractivity contribution in [1.82, 2.24) is 0 Å². The number of nitriles is 1. The number of hydrogen-bond acceptors (Lipinski definition) is 4. The maximum atomic E-state index is 13.1. The summed E-state index contributed by atoms with van der Waals surface area (Å²) in [5.74, 6) is 0.527. The lowest BCUT2D eigenvalue weighted by Crippen LogP contribution is -2.24. The number of hydrogen-bond donors (Lipinski definition) is 0. The summed E-state index contributed by atoms with van der Waals surface area (Å²) in [4.78, 5) is 13.1. The van der Waals surface area contributed by atoms with Crippen LogP contribution < -0.4 is 4.74 Å². The topological polar surface area (TPSA) is 59.3 Å². The van der Waals surface area contributed by atoms with Gasteiger partial charge in [-0.15, -0.1) is 0 Å². The molecule has 2 aliphatic rings. The second-order valence-corrected chi connectivity index (χ2v) is 10.5. The van der Waals surface area contributed by atoms with E-state index in [2.05, 4.69) is 6.07 Å². The largest absolute Gasteiger partial charge is 0.457 e. The summed E-state index contributed by atoms with van der Waals surface area (Å²) >= 11 is 12.9. The van der Waals surface area contributed by atoms with Gasteiger partial charge in [0.15, 0.2) is 0 Å². The van der Waals surface area contributed by atoms with Gasteiger partial charge in [-0.1, -0.05) is 85.6 Å². The molecule has 0 N–H and O–H groups in total. The van der Waals surface area contributed by atoms with Crippen molar-refractivity contribution in [2.45, 2.75) is 30.7 Å². The minimum atomic E-state index is -1.02. The smallest absolute Gasteiger partial charge is 0.311 e. The first kappa shape index (κ1) is 23.4. The molecule has 2 aromatic carbocycles. The molecule has 0 amide bonds. The molecule has 170 valence electrons. The Bertz CT molecular complexity index is 1120. The van der Waals surface area contributed by atoms with Crippen molar-refractivity contribution in [2.24, 2.45) is 23.2 Å². The van der Waals surface area contributed by atoms with Crippen LogP contribution in [0.25, 0.3) is 0 Å². The van der Waals surface area contributed by atoms with Gasteiger partial charge in [-0.25, -0.2) is 0 Å². The molecule has 0 aliphatic heterocycles. The molecule has 4 atom stereocenters. The predicted octanol–water partition coefficient (Wildman–Crippen LogP) is 7.17. The first-order valence-electron chi connectivity index (χ1n) is 10.9. The van der Waals surface area contributed by atoms with Crippen molar-refractivity contribution < 1.29 is 14.3 Å². The van der Waals surface area contributed by atoms with Crippen molar-refractivity contribution in [3.8, 4) is 17.6 Å². The maximum absolute atomic E-state index is 13.1. The van der Waals surface area contributed by atoms with Gasteiger partial charge in [-0.05, 0) is 48.1 Å². The van der Waals surface area contributed by atoms with E-state index in [0.717, 1.165) is 0 Å². The van der Waals surface area contributed by atoms with Gasteiger partial charge in [0.2, 0.25) is 6.10 Å². The fourth-order valence-electron chi connectivity index (χ4n) is 4.52. The van der Waals surface area contributed by atoms with Gasteiger partial charge in [0.25, 0.3) is 0 Å². The van der Waals surface area contributed by atoms with Gasteiger partial charge in [-0.3, -0.25) is 4.79 Å². The number of alkyl halides is 2. The van der Waals surface area contributed by atoms with Crippen molar-refractivity contribution in [1.29, 1.82) is 5.26 Å². The zero-order chi connectivity index (χ0) is 23.6. The molecule has 2 aliphatic carbocycles. The lowest BCUT2D eigenvalue weighted by atomic mass is 9.91. The van der Waals surface area contributed by atoms with E-state index in [1.54, 1.807) is 30.3 Å². The van der Waals surface area contributed by atoms with Gasteiger partial charge < -0.3 is 9.47 Å². The average molecular weight is 482 g/mol. The van der Waals surface area contributed by atoms with E-state index in [4.69, 9.17) is 32.7 Å². The molecule has 0 bridgehead atoms. The van der Waals surface area contributed by atoms with E-state index in [1.165, 1.54) is 0 Å². The summed E-state index contributed by atoms with van der Waals surface area (Å²) in [6.07, 6.45) is 7.14. The summed E-state index contributed by atoms with van der Waals surface area (Å²) in [6, 6.07) is 18.5. The monoisotopic (exact) mass is 481 g/mol. The molecule has 6 heteroatoms. The number of allylic oxidation sites excluding steroid dienone is 4. The van der Waals surface area contributed by atoms with E-state index in [0.29, 0.717) is 23.5 Å². The van der Waals surface area contributed by atoms with Crippen LogP contribution in [0.4, 0.5) is 0 Å². The first-order valence-corrected chi connectivity index (χ1v) is 11.6. The molecular weight excluding hydrogens is 457 g/mol. The molecule has 4 unspecified atom stereocenters. The highest BCUT2D eigenvalue weighted by molar-refractivity contribution is 6.50. The summed E-state index contributed by atoms with van der Waals surface area (Å²) in [7, 11) is 0. The molecule has 1 saturated carbocycles. The molecule has 0 saturated heterocycles.